The van der Waals surface area contributed by atoms with E-state index in [-0.39, 0.29) is 6.10 Å². The Bertz CT molecular complexity index is 240. The minimum Gasteiger partial charge on any atom is -0.460 e. The summed E-state index contributed by atoms with van der Waals surface area (Å²) < 4.78 is 45.7. The van der Waals surface area contributed by atoms with Crippen molar-refractivity contribution in [3.63, 3.8) is 0 Å². The monoisotopic (exact) mass is 227 g/mol. The van der Waals surface area contributed by atoms with Crippen molar-refractivity contribution in [1.82, 2.24) is 0 Å². The molecule has 0 radical (unpaired) electrons. The van der Waals surface area contributed by atoms with E-state index in [1.54, 1.807) is 0 Å². The van der Waals surface area contributed by atoms with Crippen molar-refractivity contribution in [3.05, 3.63) is 0 Å². The number of halogens is 3. The first-order chi connectivity index (χ1) is 6.86. The van der Waals surface area contributed by atoms with Crippen LogP contribution in [0.1, 0.15) is 12.8 Å². The van der Waals surface area contributed by atoms with Gasteiger partial charge in [-0.15, -0.1) is 0 Å². The Labute approximate surface area is 84.5 Å². The fraction of sp³-hybridized carbons (Fsp3) is 0.875. The van der Waals surface area contributed by atoms with E-state index in [1.165, 1.54) is 0 Å². The highest BCUT2D eigenvalue weighted by Crippen LogP contribution is 2.27. The number of nitrogens with two attached hydrogens (primary N) is 1. The van der Waals surface area contributed by atoms with Gasteiger partial charge in [-0.2, -0.15) is 13.2 Å². The van der Waals surface area contributed by atoms with Crippen LogP contribution in [-0.2, 0) is 14.3 Å². The Hall–Kier alpha value is -0.820. The lowest BCUT2D eigenvalue weighted by Gasteiger charge is -2.22. The van der Waals surface area contributed by atoms with Gasteiger partial charge in [0.1, 0.15) is 12.1 Å². The van der Waals surface area contributed by atoms with Crippen LogP contribution in [0.5, 0.6) is 0 Å². The Kier molecular flexibility index (Phi) is 3.56. The Balaban J connectivity index is 2.56. The first-order valence-corrected chi connectivity index (χ1v) is 4.42. The molecule has 7 heteroatoms. The summed E-state index contributed by atoms with van der Waals surface area (Å²) in [4.78, 5) is 11.2. The van der Waals surface area contributed by atoms with Crippen LogP contribution in [-0.4, -0.2) is 37.5 Å². The first-order valence-electron chi connectivity index (χ1n) is 4.42. The average Bonchev–Trinajstić information content (AvgIpc) is 2.87. The van der Waals surface area contributed by atoms with E-state index in [1.807, 2.05) is 0 Å². The van der Waals surface area contributed by atoms with E-state index in [9.17, 15) is 18.0 Å². The van der Waals surface area contributed by atoms with Crippen molar-refractivity contribution in [3.8, 4) is 0 Å². The number of carbonyl (C=O) groups is 1. The highest BCUT2D eigenvalue weighted by atomic mass is 19.4. The minimum atomic E-state index is -4.68. The molecule has 1 fully saturated rings. The third-order valence-electron chi connectivity index (χ3n) is 2.00. The van der Waals surface area contributed by atoms with Crippen LogP contribution in [0.3, 0.4) is 0 Å². The van der Waals surface area contributed by atoms with Gasteiger partial charge in [0.25, 0.3) is 0 Å². The SMILES string of the molecule is CO[C@H](C(=O)OC1CC1)[C@H](N)C(F)(F)F. The molecule has 0 amide bonds. The predicted octanol–water partition coefficient (Wildman–Crippen LogP) is 0.597. The fourth-order valence-corrected chi connectivity index (χ4v) is 0.978. The smallest absolute Gasteiger partial charge is 0.406 e. The largest absolute Gasteiger partial charge is 0.460 e. The lowest BCUT2D eigenvalue weighted by Crippen LogP contribution is -2.52. The zero-order valence-corrected chi connectivity index (χ0v) is 8.08. The second-order valence-corrected chi connectivity index (χ2v) is 3.36. The third kappa shape index (κ3) is 3.35. The van der Waals surface area contributed by atoms with Crippen molar-refractivity contribution in [2.45, 2.75) is 37.3 Å². The standard InChI is InChI=1S/C8H12F3NO3/c1-14-5(6(12)8(9,10)11)7(13)15-4-2-3-4/h4-6H,2-3,12H2,1H3/t5-,6-/m0/s1. The Morgan fingerprint density at radius 1 is 1.47 bits per heavy atom. The van der Waals surface area contributed by atoms with Crippen LogP contribution >= 0.6 is 0 Å². The maximum Gasteiger partial charge on any atom is 0.406 e. The molecule has 4 nitrogen and oxygen atoms in total. The molecule has 15 heavy (non-hydrogen) atoms. The molecule has 0 spiro atoms. The number of hydrogen-bond donors (Lipinski definition) is 1. The quantitative estimate of drug-likeness (QED) is 0.714. The lowest BCUT2D eigenvalue weighted by molar-refractivity contribution is -0.190. The van der Waals surface area contributed by atoms with Crippen LogP contribution in [0.2, 0.25) is 0 Å². The van der Waals surface area contributed by atoms with Crippen molar-refractivity contribution in [1.29, 1.82) is 0 Å². The van der Waals surface area contributed by atoms with E-state index >= 15 is 0 Å². The maximum absolute atomic E-state index is 12.2. The van der Waals surface area contributed by atoms with Crippen LogP contribution in [0.25, 0.3) is 0 Å². The van der Waals surface area contributed by atoms with Gasteiger partial charge >= 0.3 is 12.1 Å². The number of rotatable bonds is 4. The molecule has 1 rings (SSSR count). The normalized spacial score (nSPS) is 20.9. The molecule has 0 unspecified atom stereocenters. The summed E-state index contributed by atoms with van der Waals surface area (Å²) >= 11 is 0. The zero-order valence-electron chi connectivity index (χ0n) is 8.08. The van der Waals surface area contributed by atoms with Gasteiger partial charge in [0, 0.05) is 7.11 Å². The van der Waals surface area contributed by atoms with Crippen LogP contribution in [0.15, 0.2) is 0 Å². The van der Waals surface area contributed by atoms with Gasteiger partial charge in [-0.1, -0.05) is 0 Å². The predicted molar refractivity (Wildman–Crippen MR) is 43.9 cm³/mol. The molecular weight excluding hydrogens is 215 g/mol. The Morgan fingerprint density at radius 3 is 2.33 bits per heavy atom. The van der Waals surface area contributed by atoms with Crippen molar-refractivity contribution in [2.24, 2.45) is 5.73 Å². The molecular formula is C8H12F3NO3. The number of methoxy groups -OCH3 is 1. The molecule has 0 aliphatic heterocycles. The molecule has 1 saturated carbocycles. The summed E-state index contributed by atoms with van der Waals surface area (Å²) in [6.45, 7) is 0. The summed E-state index contributed by atoms with van der Waals surface area (Å²) in [5, 5.41) is 0. The number of ether oxygens (including phenoxy) is 2. The summed E-state index contributed by atoms with van der Waals surface area (Å²) in [7, 11) is 0.991. The number of esters is 1. The minimum absolute atomic E-state index is 0.268. The molecule has 0 saturated heterocycles. The summed E-state index contributed by atoms with van der Waals surface area (Å²) in [5.41, 5.74) is 4.85. The first kappa shape index (κ1) is 12.3. The van der Waals surface area contributed by atoms with Gasteiger partial charge < -0.3 is 15.2 Å². The molecule has 2 N–H and O–H groups in total. The highest BCUT2D eigenvalue weighted by Gasteiger charge is 2.47. The van der Waals surface area contributed by atoms with Gasteiger partial charge in [-0.05, 0) is 12.8 Å². The fourth-order valence-electron chi connectivity index (χ4n) is 0.978. The molecule has 1 aliphatic rings. The molecule has 2 atom stereocenters. The zero-order chi connectivity index (χ0) is 11.6. The van der Waals surface area contributed by atoms with E-state index in [0.29, 0.717) is 12.8 Å². The van der Waals surface area contributed by atoms with Gasteiger partial charge in [0.15, 0.2) is 6.10 Å². The topological polar surface area (TPSA) is 61.5 Å². The molecule has 0 aromatic heterocycles. The summed E-state index contributed by atoms with van der Waals surface area (Å²) in [5.74, 6) is -1.05. The van der Waals surface area contributed by atoms with E-state index in [0.717, 1.165) is 7.11 Å². The van der Waals surface area contributed by atoms with E-state index < -0.39 is 24.3 Å². The van der Waals surface area contributed by atoms with Gasteiger partial charge in [-0.3, -0.25) is 0 Å². The van der Waals surface area contributed by atoms with Gasteiger partial charge in [0.2, 0.25) is 0 Å². The number of hydrogen-bond acceptors (Lipinski definition) is 4. The van der Waals surface area contributed by atoms with E-state index in [2.05, 4.69) is 9.47 Å². The summed E-state index contributed by atoms with van der Waals surface area (Å²) in [6, 6.07) is -2.35. The molecule has 0 heterocycles. The maximum atomic E-state index is 12.2. The Morgan fingerprint density at radius 2 is 2.00 bits per heavy atom. The molecule has 0 bridgehead atoms. The number of alkyl halides is 3. The lowest BCUT2D eigenvalue weighted by atomic mass is 10.1. The van der Waals surface area contributed by atoms with Crippen molar-refractivity contribution >= 4 is 5.97 Å². The van der Waals surface area contributed by atoms with E-state index in [4.69, 9.17) is 5.73 Å². The van der Waals surface area contributed by atoms with Gasteiger partial charge in [0.05, 0.1) is 0 Å². The second kappa shape index (κ2) is 4.36. The second-order valence-electron chi connectivity index (χ2n) is 3.36. The van der Waals surface area contributed by atoms with Crippen molar-refractivity contribution < 1.29 is 27.4 Å². The highest BCUT2D eigenvalue weighted by molar-refractivity contribution is 5.76. The van der Waals surface area contributed by atoms with Crippen LogP contribution in [0.4, 0.5) is 13.2 Å². The molecule has 0 aromatic carbocycles. The molecule has 0 aromatic rings. The average molecular weight is 227 g/mol. The van der Waals surface area contributed by atoms with Gasteiger partial charge in [-0.25, -0.2) is 4.79 Å². The summed E-state index contributed by atoms with van der Waals surface area (Å²) in [6.07, 6.45) is -5.36. The molecule has 88 valence electrons. The van der Waals surface area contributed by atoms with Crippen molar-refractivity contribution in [2.75, 3.05) is 7.11 Å². The van der Waals surface area contributed by atoms with Crippen LogP contribution in [0, 0.1) is 0 Å². The third-order valence-corrected chi connectivity index (χ3v) is 2.00. The number of carbonyl (C=O) groups excluding carboxylic acids is 1. The molecule has 1 aliphatic carbocycles. The van der Waals surface area contributed by atoms with Crippen LogP contribution < -0.4 is 5.73 Å².